The minimum atomic E-state index is -0.419. The van der Waals surface area contributed by atoms with Crippen LogP contribution in [0.2, 0.25) is 0 Å². The van der Waals surface area contributed by atoms with Gasteiger partial charge in [-0.25, -0.2) is 0 Å². The van der Waals surface area contributed by atoms with Crippen molar-refractivity contribution >= 4 is 38.8 Å². The second-order valence-electron chi connectivity index (χ2n) is 3.18. The van der Waals surface area contributed by atoms with Crippen molar-refractivity contribution in [3.63, 3.8) is 0 Å². The molecule has 0 amide bonds. The Morgan fingerprint density at radius 1 is 1.60 bits per heavy atom. The largest absolute Gasteiger partial charge is 0.380 e. The number of nitrogens with one attached hydrogen (secondary N) is 1. The third-order valence-electron chi connectivity index (χ3n) is 2.13. The highest BCUT2D eigenvalue weighted by Crippen LogP contribution is 2.25. The molecule has 1 aromatic heterocycles. The molecule has 1 aliphatic heterocycles. The van der Waals surface area contributed by atoms with Gasteiger partial charge in [0.2, 0.25) is 0 Å². The van der Waals surface area contributed by atoms with E-state index in [0.717, 1.165) is 4.47 Å². The number of carbonyl (C=O) groups excluding carboxylic acids is 2. The van der Waals surface area contributed by atoms with Gasteiger partial charge < -0.3 is 5.32 Å². The number of halogens is 1. The number of carbonyl (C=O) groups is 2. The molecule has 3 nitrogen and oxygen atoms in total. The van der Waals surface area contributed by atoms with Gasteiger partial charge in [0, 0.05) is 17.1 Å². The van der Waals surface area contributed by atoms with Gasteiger partial charge in [-0.1, -0.05) is 0 Å². The molecule has 0 aliphatic carbocycles. The van der Waals surface area contributed by atoms with Crippen molar-refractivity contribution in [1.29, 1.82) is 0 Å². The molecule has 1 atom stereocenters. The van der Waals surface area contributed by atoms with Crippen LogP contribution in [0, 0.1) is 0 Å². The summed E-state index contributed by atoms with van der Waals surface area (Å²) < 4.78 is 0.793. The lowest BCUT2D eigenvalue weighted by Gasteiger charge is -2.17. The molecule has 78 valence electrons. The normalized spacial score (nSPS) is 20.1. The van der Waals surface area contributed by atoms with Crippen LogP contribution in [0.5, 0.6) is 0 Å². The summed E-state index contributed by atoms with van der Waals surface area (Å²) in [5.74, 6) is -0.0469. The van der Waals surface area contributed by atoms with E-state index in [-0.39, 0.29) is 18.0 Å². The van der Waals surface area contributed by atoms with Crippen molar-refractivity contribution in [3.8, 4) is 0 Å². The first-order valence-corrected chi connectivity index (χ1v) is 6.08. The van der Waals surface area contributed by atoms with Crippen LogP contribution < -0.4 is 5.32 Å². The molecule has 1 unspecified atom stereocenters. The number of hydrogen-bond acceptors (Lipinski definition) is 4. The third-order valence-corrected chi connectivity index (χ3v) is 3.98. The van der Waals surface area contributed by atoms with Crippen molar-refractivity contribution in [3.05, 3.63) is 33.1 Å². The smallest absolute Gasteiger partial charge is 0.196 e. The van der Waals surface area contributed by atoms with Crippen LogP contribution >= 0.6 is 27.3 Å². The molecule has 0 aromatic carbocycles. The van der Waals surface area contributed by atoms with E-state index < -0.39 is 6.04 Å². The van der Waals surface area contributed by atoms with E-state index in [1.165, 1.54) is 23.6 Å². The Hall–Kier alpha value is -0.940. The average Bonchev–Trinajstić information content (AvgIpc) is 2.63. The molecule has 15 heavy (non-hydrogen) atoms. The molecule has 5 heteroatoms. The van der Waals surface area contributed by atoms with E-state index in [0.29, 0.717) is 4.88 Å². The predicted molar refractivity (Wildman–Crippen MR) is 62.0 cm³/mol. The summed E-state index contributed by atoms with van der Waals surface area (Å²) in [6.07, 6.45) is 3.23. The Morgan fingerprint density at radius 3 is 3.00 bits per heavy atom. The average molecular weight is 286 g/mol. The predicted octanol–water partition coefficient (Wildman–Crippen LogP) is 2.14. The lowest BCUT2D eigenvalue weighted by molar-refractivity contribution is -0.115. The van der Waals surface area contributed by atoms with Gasteiger partial charge in [0.05, 0.1) is 10.9 Å². The van der Waals surface area contributed by atoms with E-state index in [9.17, 15) is 9.59 Å². The Bertz CT molecular complexity index is 438. The minimum absolute atomic E-state index is 0.0141. The summed E-state index contributed by atoms with van der Waals surface area (Å²) in [6, 6.07) is 1.41. The number of rotatable bonds is 2. The molecule has 0 bridgehead atoms. The van der Waals surface area contributed by atoms with Gasteiger partial charge in [-0.2, -0.15) is 0 Å². The van der Waals surface area contributed by atoms with E-state index in [2.05, 4.69) is 21.2 Å². The van der Waals surface area contributed by atoms with Gasteiger partial charge in [-0.05, 0) is 33.5 Å². The number of ketones is 2. The van der Waals surface area contributed by atoms with Crippen LogP contribution in [0.25, 0.3) is 0 Å². The van der Waals surface area contributed by atoms with Crippen molar-refractivity contribution in [2.75, 3.05) is 0 Å². The van der Waals surface area contributed by atoms with Crippen LogP contribution in [0.4, 0.5) is 0 Å². The summed E-state index contributed by atoms with van der Waals surface area (Å²) in [7, 11) is 0. The molecule has 2 heterocycles. The Kier molecular flexibility index (Phi) is 3.02. The van der Waals surface area contributed by atoms with Gasteiger partial charge in [-0.15, -0.1) is 11.3 Å². The summed E-state index contributed by atoms with van der Waals surface area (Å²) in [6.45, 7) is 0. The van der Waals surface area contributed by atoms with Crippen molar-refractivity contribution in [1.82, 2.24) is 5.32 Å². The van der Waals surface area contributed by atoms with E-state index in [1.54, 1.807) is 0 Å². The van der Waals surface area contributed by atoms with Gasteiger partial charge in [0.25, 0.3) is 0 Å². The third kappa shape index (κ3) is 2.18. The topological polar surface area (TPSA) is 46.2 Å². The highest BCUT2D eigenvalue weighted by atomic mass is 79.9. The number of thiophene rings is 1. The van der Waals surface area contributed by atoms with E-state index in [4.69, 9.17) is 0 Å². The zero-order chi connectivity index (χ0) is 10.8. The lowest BCUT2D eigenvalue weighted by Crippen LogP contribution is -2.37. The summed E-state index contributed by atoms with van der Waals surface area (Å²) in [4.78, 5) is 23.8. The highest BCUT2D eigenvalue weighted by molar-refractivity contribution is 9.10. The Labute approximate surface area is 99.3 Å². The molecular formula is C10H8BrNO2S. The van der Waals surface area contributed by atoms with E-state index >= 15 is 0 Å². The minimum Gasteiger partial charge on any atom is -0.380 e. The first-order valence-electron chi connectivity index (χ1n) is 4.41. The van der Waals surface area contributed by atoms with Crippen LogP contribution in [0.1, 0.15) is 16.1 Å². The molecule has 0 fully saturated rings. The van der Waals surface area contributed by atoms with Gasteiger partial charge >= 0.3 is 0 Å². The fraction of sp³-hybridized carbons (Fsp3) is 0.200. The van der Waals surface area contributed by atoms with Gasteiger partial charge in [-0.3, -0.25) is 9.59 Å². The molecule has 0 saturated carbocycles. The van der Waals surface area contributed by atoms with Crippen molar-refractivity contribution < 1.29 is 9.59 Å². The molecule has 0 saturated heterocycles. The van der Waals surface area contributed by atoms with Gasteiger partial charge in [0.15, 0.2) is 11.6 Å². The standard InChI is InChI=1S/C10H8BrNO2S/c11-7-2-4-15-10(7)9(14)8-5-6(13)1-3-12-8/h1-4,8,12H,5H2. The first-order chi connectivity index (χ1) is 7.18. The summed E-state index contributed by atoms with van der Waals surface area (Å²) in [5.41, 5.74) is 0. The lowest BCUT2D eigenvalue weighted by atomic mass is 10.0. The molecule has 1 N–H and O–H groups in total. The molecule has 1 aromatic rings. The number of hydrogen-bond donors (Lipinski definition) is 1. The zero-order valence-electron chi connectivity index (χ0n) is 7.70. The maximum atomic E-state index is 12.0. The Morgan fingerprint density at radius 2 is 2.40 bits per heavy atom. The monoisotopic (exact) mass is 285 g/mol. The van der Waals surface area contributed by atoms with Crippen LogP contribution in [0.15, 0.2) is 28.2 Å². The molecular weight excluding hydrogens is 278 g/mol. The van der Waals surface area contributed by atoms with Crippen molar-refractivity contribution in [2.45, 2.75) is 12.5 Å². The fourth-order valence-corrected chi connectivity index (χ4v) is 2.94. The fourth-order valence-electron chi connectivity index (χ4n) is 1.38. The zero-order valence-corrected chi connectivity index (χ0v) is 10.1. The quantitative estimate of drug-likeness (QED) is 0.847. The first kappa shape index (κ1) is 10.6. The highest BCUT2D eigenvalue weighted by Gasteiger charge is 2.25. The van der Waals surface area contributed by atoms with Crippen LogP contribution in [-0.2, 0) is 4.79 Å². The van der Waals surface area contributed by atoms with Gasteiger partial charge in [0.1, 0.15) is 0 Å². The number of Topliss-reactive ketones (excluding diaryl/α,β-unsaturated/α-hetero) is 1. The summed E-state index contributed by atoms with van der Waals surface area (Å²) in [5, 5.41) is 4.74. The molecule has 2 rings (SSSR count). The Balaban J connectivity index is 2.19. The summed E-state index contributed by atoms with van der Waals surface area (Å²) >= 11 is 4.69. The number of allylic oxidation sites excluding steroid dienone is 1. The van der Waals surface area contributed by atoms with Crippen molar-refractivity contribution in [2.24, 2.45) is 0 Å². The van der Waals surface area contributed by atoms with E-state index in [1.807, 2.05) is 11.4 Å². The van der Waals surface area contributed by atoms with Crippen LogP contribution in [0.3, 0.4) is 0 Å². The molecule has 0 spiro atoms. The second kappa shape index (κ2) is 4.28. The van der Waals surface area contributed by atoms with Crippen LogP contribution in [-0.4, -0.2) is 17.6 Å². The molecule has 1 aliphatic rings. The second-order valence-corrected chi connectivity index (χ2v) is 4.96. The molecule has 0 radical (unpaired) electrons. The maximum Gasteiger partial charge on any atom is 0.196 e. The maximum absolute atomic E-state index is 12.0. The SMILES string of the molecule is O=C1C=CNC(C(=O)c2sccc2Br)C1.